The fraction of sp³-hybridized carbons (Fsp3) is 0.308. The maximum Gasteiger partial charge on any atom is 0.431 e. The minimum Gasteiger partial charge on any atom is -0.448 e. The van der Waals surface area contributed by atoms with Gasteiger partial charge in [0.1, 0.15) is 5.75 Å². The molecule has 2 aromatic rings. The first-order valence-corrected chi connectivity index (χ1v) is 11.7. The van der Waals surface area contributed by atoms with Crippen molar-refractivity contribution in [1.29, 1.82) is 0 Å². The van der Waals surface area contributed by atoms with E-state index in [9.17, 15) is 19.2 Å². The molecule has 0 spiro atoms. The number of rotatable bonds is 4. The summed E-state index contributed by atoms with van der Waals surface area (Å²) in [5.41, 5.74) is 0.868. The number of fused-ring (bicyclic) bond motifs is 1. The van der Waals surface area contributed by atoms with Gasteiger partial charge in [-0.3, -0.25) is 9.69 Å². The molecule has 188 valence electrons. The lowest BCUT2D eigenvalue weighted by molar-refractivity contribution is -0.128. The van der Waals surface area contributed by atoms with Gasteiger partial charge in [-0.15, -0.1) is 0 Å². The molecule has 2 aromatic carbocycles. The molecule has 0 saturated carbocycles. The van der Waals surface area contributed by atoms with Crippen LogP contribution < -0.4 is 4.74 Å². The highest BCUT2D eigenvalue weighted by molar-refractivity contribution is 6.00. The Morgan fingerprint density at radius 3 is 2.11 bits per heavy atom. The van der Waals surface area contributed by atoms with E-state index < -0.39 is 30.5 Å². The maximum absolute atomic E-state index is 13.7. The number of hydrazine groups is 1. The first kappa shape index (κ1) is 24.8. The smallest absolute Gasteiger partial charge is 0.431 e. The van der Waals surface area contributed by atoms with Crippen LogP contribution in [0.2, 0.25) is 0 Å². The molecule has 1 saturated heterocycles. The van der Waals surface area contributed by atoms with Gasteiger partial charge in [0.25, 0.3) is 0 Å². The summed E-state index contributed by atoms with van der Waals surface area (Å²) in [6.07, 6.45) is -2.29. The van der Waals surface area contributed by atoms with E-state index in [0.29, 0.717) is 5.56 Å². The predicted molar refractivity (Wildman–Crippen MR) is 128 cm³/mol. The highest BCUT2D eigenvalue weighted by atomic mass is 16.6. The summed E-state index contributed by atoms with van der Waals surface area (Å²) in [4.78, 5) is 54.3. The van der Waals surface area contributed by atoms with Crippen molar-refractivity contribution in [3.05, 3.63) is 77.9 Å². The molecule has 0 bridgehead atoms. The van der Waals surface area contributed by atoms with Crippen molar-refractivity contribution in [2.45, 2.75) is 32.5 Å². The second kappa shape index (κ2) is 10.9. The van der Waals surface area contributed by atoms with E-state index in [4.69, 9.17) is 14.2 Å². The lowest BCUT2D eigenvalue weighted by Gasteiger charge is -2.50. The summed E-state index contributed by atoms with van der Waals surface area (Å²) in [5, 5.41) is 2.00. The van der Waals surface area contributed by atoms with Crippen LogP contribution in [0.15, 0.2) is 72.3 Å². The first-order valence-electron chi connectivity index (χ1n) is 11.7. The predicted octanol–water partition coefficient (Wildman–Crippen LogP) is 4.30. The van der Waals surface area contributed by atoms with E-state index in [1.807, 2.05) is 6.07 Å². The molecular weight excluding hydrogens is 466 g/mol. The van der Waals surface area contributed by atoms with Crippen LogP contribution in [-0.2, 0) is 14.3 Å². The molecule has 0 aliphatic carbocycles. The van der Waals surface area contributed by atoms with Crippen molar-refractivity contribution in [1.82, 2.24) is 14.9 Å². The van der Waals surface area contributed by atoms with Gasteiger partial charge in [-0.1, -0.05) is 54.6 Å². The summed E-state index contributed by atoms with van der Waals surface area (Å²) in [6, 6.07) is 16.7. The van der Waals surface area contributed by atoms with Gasteiger partial charge in [0.2, 0.25) is 0 Å². The van der Waals surface area contributed by atoms with Crippen LogP contribution in [0.4, 0.5) is 14.4 Å². The number of nitrogens with zero attached hydrogens (tertiary/aromatic N) is 3. The van der Waals surface area contributed by atoms with Crippen molar-refractivity contribution < 1.29 is 33.4 Å². The van der Waals surface area contributed by atoms with Crippen molar-refractivity contribution in [3.63, 3.8) is 0 Å². The number of carbonyl (C=O) groups excluding carboxylic acids is 4. The lowest BCUT2D eigenvalue weighted by Crippen LogP contribution is -2.67. The monoisotopic (exact) mass is 493 g/mol. The number of hydrogen-bond acceptors (Lipinski definition) is 7. The molecule has 2 aliphatic heterocycles. The molecule has 0 unspecified atom stereocenters. The first-order chi connectivity index (χ1) is 17.5. The summed E-state index contributed by atoms with van der Waals surface area (Å²) >= 11 is 0. The van der Waals surface area contributed by atoms with Crippen LogP contribution in [0, 0.1) is 0 Å². The van der Waals surface area contributed by atoms with Gasteiger partial charge in [-0.2, -0.15) is 5.01 Å². The molecule has 4 rings (SSSR count). The third kappa shape index (κ3) is 4.88. The van der Waals surface area contributed by atoms with Gasteiger partial charge < -0.3 is 14.2 Å². The molecule has 0 radical (unpaired) electrons. The molecule has 0 aromatic heterocycles. The number of ketones is 1. The second-order valence-corrected chi connectivity index (χ2v) is 8.00. The maximum atomic E-state index is 13.7. The topological polar surface area (TPSA) is 106 Å². The van der Waals surface area contributed by atoms with Crippen LogP contribution in [0.3, 0.4) is 0 Å². The normalized spacial score (nSPS) is 19.2. The third-order valence-electron chi connectivity index (χ3n) is 5.83. The Balaban J connectivity index is 1.83. The van der Waals surface area contributed by atoms with Crippen molar-refractivity contribution in [3.8, 4) is 5.75 Å². The lowest BCUT2D eigenvalue weighted by atomic mass is 9.88. The van der Waals surface area contributed by atoms with Gasteiger partial charge in [0, 0.05) is 12.0 Å². The number of carbonyl (C=O) groups is 4. The molecule has 10 nitrogen and oxygen atoms in total. The number of benzene rings is 2. The van der Waals surface area contributed by atoms with E-state index in [2.05, 4.69) is 0 Å². The van der Waals surface area contributed by atoms with Crippen LogP contribution in [-0.4, -0.2) is 64.9 Å². The Morgan fingerprint density at radius 1 is 0.861 bits per heavy atom. The minimum absolute atomic E-state index is 0.0162. The van der Waals surface area contributed by atoms with Crippen molar-refractivity contribution in [2.24, 2.45) is 0 Å². The van der Waals surface area contributed by atoms with Gasteiger partial charge in [0.05, 0.1) is 25.8 Å². The fourth-order valence-electron chi connectivity index (χ4n) is 4.30. The Bertz CT molecular complexity index is 1150. The Kier molecular flexibility index (Phi) is 7.53. The van der Waals surface area contributed by atoms with Crippen molar-refractivity contribution >= 4 is 24.1 Å². The number of piperidine rings is 1. The van der Waals surface area contributed by atoms with E-state index in [-0.39, 0.29) is 43.3 Å². The zero-order chi connectivity index (χ0) is 25.7. The molecule has 2 aliphatic rings. The quantitative estimate of drug-likeness (QED) is 0.625. The average Bonchev–Trinajstić information content (AvgIpc) is 2.89. The fourth-order valence-corrected chi connectivity index (χ4v) is 4.30. The molecular formula is C26H27N3O7. The zero-order valence-electron chi connectivity index (χ0n) is 20.0. The highest BCUT2D eigenvalue weighted by Gasteiger charge is 2.52. The number of hydrogen-bond donors (Lipinski definition) is 0. The summed E-state index contributed by atoms with van der Waals surface area (Å²) < 4.78 is 16.0. The van der Waals surface area contributed by atoms with E-state index in [1.54, 1.807) is 68.4 Å². The van der Waals surface area contributed by atoms with Gasteiger partial charge in [0.15, 0.2) is 11.9 Å². The number of para-hydroxylation sites is 1. The van der Waals surface area contributed by atoms with Crippen molar-refractivity contribution in [2.75, 3.05) is 19.8 Å². The summed E-state index contributed by atoms with van der Waals surface area (Å²) in [6.45, 7) is 3.23. The Hall–Kier alpha value is -4.34. The number of likely N-dealkylation sites (tertiary alicyclic amines) is 1. The molecule has 1 fully saturated rings. The van der Waals surface area contributed by atoms with Crippen LogP contribution in [0.1, 0.15) is 31.9 Å². The minimum atomic E-state index is -1.29. The molecule has 10 heteroatoms. The van der Waals surface area contributed by atoms with Gasteiger partial charge in [-0.25, -0.2) is 19.4 Å². The summed E-state index contributed by atoms with van der Waals surface area (Å²) in [7, 11) is 0. The second-order valence-electron chi connectivity index (χ2n) is 8.00. The Morgan fingerprint density at radius 2 is 1.47 bits per heavy atom. The van der Waals surface area contributed by atoms with Gasteiger partial charge in [-0.05, 0) is 31.5 Å². The van der Waals surface area contributed by atoms with Crippen LogP contribution in [0.25, 0.3) is 0 Å². The highest BCUT2D eigenvalue weighted by Crippen LogP contribution is 2.40. The zero-order valence-corrected chi connectivity index (χ0v) is 20.0. The van der Waals surface area contributed by atoms with E-state index in [0.717, 1.165) is 10.0 Å². The number of ether oxygens (including phenoxy) is 3. The average molecular weight is 494 g/mol. The third-order valence-corrected chi connectivity index (χ3v) is 5.83. The number of amides is 3. The molecule has 36 heavy (non-hydrogen) atoms. The van der Waals surface area contributed by atoms with E-state index in [1.165, 1.54) is 11.0 Å². The van der Waals surface area contributed by atoms with E-state index >= 15 is 0 Å². The largest absolute Gasteiger partial charge is 0.448 e. The molecule has 2 atom stereocenters. The van der Waals surface area contributed by atoms with Gasteiger partial charge >= 0.3 is 18.3 Å². The number of Topliss-reactive ketones (excluding diaryl/α,β-unsaturated/α-hetero) is 1. The SMILES string of the molecule is CCOC(=O)N1CC=C2C(=O)C[C@@H](c3ccccc3)N(C(=O)Oc3ccccc3)[C@@H]2N1C(=O)OCC. The molecule has 2 heterocycles. The molecule has 3 amide bonds. The molecule has 0 N–H and O–H groups in total. The van der Waals surface area contributed by atoms with Crippen LogP contribution in [0.5, 0.6) is 5.75 Å². The standard InChI is InChI=1S/C26H27N3O7/c1-3-34-24(31)27-16-15-20-22(30)17-21(18-11-7-5-8-12-18)28(23(20)29(27)26(33)35-4-2)25(32)36-19-13-9-6-10-14-19/h5-15,21,23H,3-4,16-17H2,1-2H3/t21-,23+/m0/s1. The summed E-state index contributed by atoms with van der Waals surface area (Å²) in [5.74, 6) is 0.0351. The van der Waals surface area contributed by atoms with Crippen LogP contribution >= 0.6 is 0 Å². The Labute approximate surface area is 208 Å².